The first-order chi connectivity index (χ1) is 8.63. The summed E-state index contributed by atoms with van der Waals surface area (Å²) in [4.78, 5) is 2.28. The summed E-state index contributed by atoms with van der Waals surface area (Å²) in [7, 11) is 0. The molecule has 2 aromatic carbocycles. The Balaban J connectivity index is 2.14. The Hall–Kier alpha value is -0.990. The number of aryl methyl sites for hydroxylation is 1. The number of hydrogen-bond donors (Lipinski definition) is 0. The first-order valence-electron chi connectivity index (χ1n) is 5.84. The largest absolute Gasteiger partial charge is 0.207 e. The van der Waals surface area contributed by atoms with E-state index in [9.17, 15) is 4.39 Å². The zero-order valence-electron chi connectivity index (χ0n) is 9.91. The molecule has 0 fully saturated rings. The summed E-state index contributed by atoms with van der Waals surface area (Å²) in [6, 6.07) is 11.3. The summed E-state index contributed by atoms with van der Waals surface area (Å²) in [5.74, 6) is -0.220. The highest BCUT2D eigenvalue weighted by molar-refractivity contribution is 7.99. The minimum atomic E-state index is -0.220. The third-order valence-corrected chi connectivity index (χ3v) is 4.73. The van der Waals surface area contributed by atoms with Crippen LogP contribution in [0.5, 0.6) is 0 Å². The summed E-state index contributed by atoms with van der Waals surface area (Å²) in [6.07, 6.45) is 0.751. The number of rotatable bonds is 0. The molecule has 1 unspecified atom stereocenters. The Morgan fingerprint density at radius 3 is 2.83 bits per heavy atom. The van der Waals surface area contributed by atoms with E-state index in [1.54, 1.807) is 17.8 Å². The van der Waals surface area contributed by atoms with Crippen LogP contribution in [0.15, 0.2) is 46.2 Å². The van der Waals surface area contributed by atoms with Crippen molar-refractivity contribution in [1.29, 1.82) is 0 Å². The first kappa shape index (κ1) is 12.1. The van der Waals surface area contributed by atoms with E-state index in [4.69, 9.17) is 11.6 Å². The van der Waals surface area contributed by atoms with E-state index >= 15 is 0 Å². The number of alkyl halides is 1. The second-order valence-corrected chi connectivity index (χ2v) is 6.18. The first-order valence-corrected chi connectivity index (χ1v) is 7.09. The molecule has 0 nitrogen and oxygen atoms in total. The monoisotopic (exact) mass is 278 g/mol. The Bertz CT molecular complexity index is 609. The van der Waals surface area contributed by atoms with E-state index in [0.717, 1.165) is 16.9 Å². The molecule has 0 saturated heterocycles. The van der Waals surface area contributed by atoms with Gasteiger partial charge < -0.3 is 0 Å². The summed E-state index contributed by atoms with van der Waals surface area (Å²) < 4.78 is 13.3. The summed E-state index contributed by atoms with van der Waals surface area (Å²) >= 11 is 8.09. The van der Waals surface area contributed by atoms with Crippen LogP contribution >= 0.6 is 23.4 Å². The summed E-state index contributed by atoms with van der Waals surface area (Å²) in [6.45, 7) is 2.08. The van der Waals surface area contributed by atoms with Gasteiger partial charge in [0.2, 0.25) is 0 Å². The molecular formula is C15H12ClFS. The molecule has 0 aliphatic carbocycles. The van der Waals surface area contributed by atoms with Crippen molar-refractivity contribution in [2.24, 2.45) is 0 Å². The molecule has 18 heavy (non-hydrogen) atoms. The average Bonchev–Trinajstić information content (AvgIpc) is 2.46. The Kier molecular flexibility index (Phi) is 3.08. The van der Waals surface area contributed by atoms with Crippen molar-refractivity contribution in [3.05, 3.63) is 58.9 Å². The fraction of sp³-hybridized carbons (Fsp3) is 0.200. The van der Waals surface area contributed by atoms with E-state index < -0.39 is 0 Å². The van der Waals surface area contributed by atoms with Gasteiger partial charge in [0, 0.05) is 9.79 Å². The van der Waals surface area contributed by atoms with Crippen LogP contribution in [0.4, 0.5) is 4.39 Å². The molecule has 0 radical (unpaired) electrons. The van der Waals surface area contributed by atoms with Gasteiger partial charge in [0.25, 0.3) is 0 Å². The topological polar surface area (TPSA) is 0 Å². The lowest BCUT2D eigenvalue weighted by Crippen LogP contribution is -1.96. The van der Waals surface area contributed by atoms with E-state index in [1.165, 1.54) is 22.1 Å². The third-order valence-electron chi connectivity index (χ3n) is 3.15. The fourth-order valence-electron chi connectivity index (χ4n) is 2.20. The minimum Gasteiger partial charge on any atom is -0.207 e. The van der Waals surface area contributed by atoms with Crippen molar-refractivity contribution < 1.29 is 4.39 Å². The van der Waals surface area contributed by atoms with Crippen LogP contribution < -0.4 is 0 Å². The van der Waals surface area contributed by atoms with Gasteiger partial charge in [0.1, 0.15) is 5.82 Å². The maximum atomic E-state index is 13.3. The molecule has 0 bridgehead atoms. The SMILES string of the molecule is Cc1ccc2c(c1)Sc1ccc(F)cc1C(Cl)C2. The maximum absolute atomic E-state index is 13.3. The van der Waals surface area contributed by atoms with Gasteiger partial charge in [-0.15, -0.1) is 11.6 Å². The van der Waals surface area contributed by atoms with Crippen LogP contribution in [0.1, 0.15) is 22.1 Å². The zero-order chi connectivity index (χ0) is 12.7. The van der Waals surface area contributed by atoms with Crippen LogP contribution in [0.2, 0.25) is 0 Å². The average molecular weight is 279 g/mol. The smallest absolute Gasteiger partial charge is 0.123 e. The van der Waals surface area contributed by atoms with E-state index in [1.807, 2.05) is 6.07 Å². The van der Waals surface area contributed by atoms with Crippen molar-refractivity contribution in [2.75, 3.05) is 0 Å². The molecule has 1 heterocycles. The second-order valence-electron chi connectivity index (χ2n) is 4.57. The van der Waals surface area contributed by atoms with Gasteiger partial charge in [-0.2, -0.15) is 0 Å². The van der Waals surface area contributed by atoms with Crippen molar-refractivity contribution in [1.82, 2.24) is 0 Å². The van der Waals surface area contributed by atoms with Gasteiger partial charge in [-0.3, -0.25) is 0 Å². The third kappa shape index (κ3) is 2.15. The molecule has 2 aromatic rings. The minimum absolute atomic E-state index is 0.160. The highest BCUT2D eigenvalue weighted by atomic mass is 35.5. The molecule has 92 valence electrons. The molecule has 1 atom stereocenters. The number of fused-ring (bicyclic) bond motifs is 2. The lowest BCUT2D eigenvalue weighted by molar-refractivity contribution is 0.622. The molecule has 0 amide bonds. The predicted molar refractivity (Wildman–Crippen MR) is 74.0 cm³/mol. The van der Waals surface area contributed by atoms with Crippen LogP contribution in [0.3, 0.4) is 0 Å². The summed E-state index contributed by atoms with van der Waals surface area (Å²) in [5, 5.41) is -0.160. The van der Waals surface area contributed by atoms with E-state index in [2.05, 4.69) is 25.1 Å². The van der Waals surface area contributed by atoms with Gasteiger partial charge in [-0.05, 0) is 54.3 Å². The normalized spacial score (nSPS) is 17.8. The van der Waals surface area contributed by atoms with Crippen LogP contribution in [-0.4, -0.2) is 0 Å². The Labute approximate surface area is 115 Å². The fourth-order valence-corrected chi connectivity index (χ4v) is 3.83. The Morgan fingerprint density at radius 1 is 1.17 bits per heavy atom. The standard InChI is InChI=1S/C15H12ClFS/c1-9-2-3-10-7-13(16)12-8-11(17)4-5-14(12)18-15(10)6-9/h2-6,8,13H,7H2,1H3. The van der Waals surface area contributed by atoms with Crippen molar-refractivity contribution in [3.63, 3.8) is 0 Å². The van der Waals surface area contributed by atoms with E-state index in [-0.39, 0.29) is 11.2 Å². The molecule has 0 N–H and O–H groups in total. The maximum Gasteiger partial charge on any atom is 0.123 e. The van der Waals surface area contributed by atoms with E-state index in [0.29, 0.717) is 0 Å². The second kappa shape index (κ2) is 4.60. The molecule has 1 aliphatic heterocycles. The molecule has 3 heteroatoms. The van der Waals surface area contributed by atoms with Crippen molar-refractivity contribution in [3.8, 4) is 0 Å². The van der Waals surface area contributed by atoms with Gasteiger partial charge in [0.15, 0.2) is 0 Å². The summed E-state index contributed by atoms with van der Waals surface area (Å²) in [5.41, 5.74) is 3.37. The highest BCUT2D eigenvalue weighted by Crippen LogP contribution is 2.43. The van der Waals surface area contributed by atoms with Gasteiger partial charge in [0.05, 0.1) is 5.38 Å². The van der Waals surface area contributed by atoms with Crippen molar-refractivity contribution in [2.45, 2.75) is 28.5 Å². The number of hydrogen-bond acceptors (Lipinski definition) is 1. The van der Waals surface area contributed by atoms with Crippen LogP contribution in [-0.2, 0) is 6.42 Å². The number of halogens is 2. The van der Waals surface area contributed by atoms with Gasteiger partial charge in [-0.1, -0.05) is 23.9 Å². The number of benzene rings is 2. The molecule has 1 aliphatic rings. The van der Waals surface area contributed by atoms with Crippen LogP contribution in [0.25, 0.3) is 0 Å². The predicted octanol–water partition coefficient (Wildman–Crippen LogP) is 5.12. The quantitative estimate of drug-likeness (QED) is 0.603. The zero-order valence-corrected chi connectivity index (χ0v) is 11.5. The molecule has 0 spiro atoms. The van der Waals surface area contributed by atoms with Crippen LogP contribution in [0, 0.1) is 12.7 Å². The van der Waals surface area contributed by atoms with Gasteiger partial charge in [-0.25, -0.2) is 4.39 Å². The lowest BCUT2D eigenvalue weighted by Gasteiger charge is -2.09. The Morgan fingerprint density at radius 2 is 2.00 bits per heavy atom. The van der Waals surface area contributed by atoms with Crippen molar-refractivity contribution >= 4 is 23.4 Å². The highest BCUT2D eigenvalue weighted by Gasteiger charge is 2.21. The molecule has 0 saturated carbocycles. The molecular weight excluding hydrogens is 267 g/mol. The molecule has 0 aromatic heterocycles. The molecule has 3 rings (SSSR count). The van der Waals surface area contributed by atoms with Gasteiger partial charge >= 0.3 is 0 Å². The lowest BCUT2D eigenvalue weighted by atomic mass is 10.0.